The second-order valence-corrected chi connectivity index (χ2v) is 12.5. The fourth-order valence-corrected chi connectivity index (χ4v) is 8.34. The highest BCUT2D eigenvalue weighted by atomic mass is 16.4. The lowest BCUT2D eigenvalue weighted by atomic mass is 9.47. The fraction of sp³-hybridized carbons (Fsp3) is 0.889. The Bertz CT molecular complexity index is 789. The molecule has 0 saturated heterocycles. The van der Waals surface area contributed by atoms with Gasteiger partial charge in [0, 0.05) is 23.8 Å². The molecule has 9 atom stereocenters. The minimum Gasteiger partial charge on any atom is -0.393 e. The second kappa shape index (κ2) is 8.18. The molecular formula is C27H44O5. The zero-order chi connectivity index (χ0) is 23.6. The van der Waals surface area contributed by atoms with Gasteiger partial charge in [0.25, 0.3) is 0 Å². The Morgan fingerprint density at radius 1 is 1.03 bits per heavy atom. The van der Waals surface area contributed by atoms with Gasteiger partial charge in [0.1, 0.15) is 17.8 Å². The molecule has 4 rings (SSSR count). The summed E-state index contributed by atoms with van der Waals surface area (Å²) in [7, 11) is 0. The van der Waals surface area contributed by atoms with Crippen LogP contribution in [0, 0.1) is 34.5 Å². The Labute approximate surface area is 193 Å². The van der Waals surface area contributed by atoms with Crippen molar-refractivity contribution in [2.24, 2.45) is 34.5 Å². The van der Waals surface area contributed by atoms with Crippen molar-refractivity contribution < 1.29 is 25.2 Å². The maximum Gasteiger partial charge on any atom is 0.160 e. The molecule has 3 unspecified atom stereocenters. The Kier molecular flexibility index (Phi) is 6.23. The first-order valence-corrected chi connectivity index (χ1v) is 12.9. The molecule has 2 saturated carbocycles. The standard InChI is InChI=1S/C27H44O5/c1-15(2)7-6-8-16(3)18-9-10-19-21-22(20(29)14-25(18,19)4)26(5)12-11-17(28)13-27(26,32)24(31)23(21)30/h15-19,23-24,28,30-32H,6-14H2,1-5H3/t16?,17-,18?,19?,23-,24+,25+,26+,27-/m0/s1. The lowest BCUT2D eigenvalue weighted by molar-refractivity contribution is -0.215. The Hall–Kier alpha value is -0.750. The van der Waals surface area contributed by atoms with Crippen LogP contribution in [0.1, 0.15) is 92.4 Å². The van der Waals surface area contributed by atoms with Gasteiger partial charge in [-0.1, -0.05) is 53.9 Å². The number of aliphatic hydroxyl groups excluding tert-OH is 3. The van der Waals surface area contributed by atoms with Crippen LogP contribution in [0.25, 0.3) is 0 Å². The van der Waals surface area contributed by atoms with Crippen molar-refractivity contribution in [3.05, 3.63) is 11.1 Å². The molecule has 32 heavy (non-hydrogen) atoms. The summed E-state index contributed by atoms with van der Waals surface area (Å²) in [6.45, 7) is 10.9. The van der Waals surface area contributed by atoms with Crippen molar-refractivity contribution >= 4 is 5.78 Å². The molecule has 5 nitrogen and oxygen atoms in total. The van der Waals surface area contributed by atoms with Crippen LogP contribution in [0.4, 0.5) is 0 Å². The van der Waals surface area contributed by atoms with Crippen LogP contribution in [0.5, 0.6) is 0 Å². The summed E-state index contributed by atoms with van der Waals surface area (Å²) in [5.41, 5.74) is -1.56. The minimum atomic E-state index is -1.69. The number of hydrogen-bond donors (Lipinski definition) is 4. The van der Waals surface area contributed by atoms with Crippen molar-refractivity contribution in [3.8, 4) is 0 Å². The summed E-state index contributed by atoms with van der Waals surface area (Å²) in [5.74, 6) is 1.73. The van der Waals surface area contributed by atoms with E-state index in [0.717, 1.165) is 19.3 Å². The number of aliphatic hydroxyl groups is 4. The molecule has 4 aliphatic rings. The Morgan fingerprint density at radius 3 is 2.38 bits per heavy atom. The summed E-state index contributed by atoms with van der Waals surface area (Å²) in [6, 6.07) is 0. The smallest absolute Gasteiger partial charge is 0.160 e. The van der Waals surface area contributed by atoms with Crippen molar-refractivity contribution in [1.29, 1.82) is 0 Å². The zero-order valence-corrected chi connectivity index (χ0v) is 20.6. The molecule has 4 N–H and O–H groups in total. The molecule has 0 aliphatic heterocycles. The number of carbonyl (C=O) groups excluding carboxylic acids is 1. The van der Waals surface area contributed by atoms with E-state index >= 15 is 0 Å². The third kappa shape index (κ3) is 3.37. The molecule has 0 amide bonds. The van der Waals surface area contributed by atoms with Gasteiger partial charge in [-0.25, -0.2) is 0 Å². The topological polar surface area (TPSA) is 98.0 Å². The van der Waals surface area contributed by atoms with Crippen LogP contribution < -0.4 is 0 Å². The average Bonchev–Trinajstić information content (AvgIpc) is 3.04. The maximum atomic E-state index is 13.8. The van der Waals surface area contributed by atoms with Crippen LogP contribution in [0.2, 0.25) is 0 Å². The first-order chi connectivity index (χ1) is 14.9. The van der Waals surface area contributed by atoms with Crippen LogP contribution >= 0.6 is 0 Å². The summed E-state index contributed by atoms with van der Waals surface area (Å²) >= 11 is 0. The van der Waals surface area contributed by atoms with E-state index in [0.29, 0.717) is 48.2 Å². The molecule has 4 aliphatic carbocycles. The maximum absolute atomic E-state index is 13.8. The third-order valence-electron chi connectivity index (χ3n) is 10.2. The van der Waals surface area contributed by atoms with Crippen LogP contribution in [0.15, 0.2) is 11.1 Å². The van der Waals surface area contributed by atoms with Crippen molar-refractivity contribution in [1.82, 2.24) is 0 Å². The number of rotatable bonds is 5. The van der Waals surface area contributed by atoms with Gasteiger partial charge in [-0.3, -0.25) is 4.79 Å². The Morgan fingerprint density at radius 2 is 1.72 bits per heavy atom. The molecule has 0 aromatic heterocycles. The molecule has 182 valence electrons. The minimum absolute atomic E-state index is 0.0107. The first kappa shape index (κ1) is 24.4. The number of ketones is 1. The quantitative estimate of drug-likeness (QED) is 0.513. The van der Waals surface area contributed by atoms with Crippen molar-refractivity contribution in [2.45, 2.75) is 116 Å². The van der Waals surface area contributed by atoms with E-state index in [1.54, 1.807) is 0 Å². The number of hydrogen-bond acceptors (Lipinski definition) is 5. The average molecular weight is 449 g/mol. The fourth-order valence-electron chi connectivity index (χ4n) is 8.34. The summed E-state index contributed by atoms with van der Waals surface area (Å²) < 4.78 is 0. The highest BCUT2D eigenvalue weighted by molar-refractivity contribution is 6.00. The predicted molar refractivity (Wildman–Crippen MR) is 124 cm³/mol. The van der Waals surface area contributed by atoms with E-state index < -0.39 is 29.3 Å². The molecule has 0 aromatic carbocycles. The lowest BCUT2D eigenvalue weighted by Gasteiger charge is -2.60. The highest BCUT2D eigenvalue weighted by Crippen LogP contribution is 2.66. The normalized spacial score (nSPS) is 47.3. The van der Waals surface area contributed by atoms with E-state index in [-0.39, 0.29) is 23.5 Å². The monoisotopic (exact) mass is 448 g/mol. The number of fused-ring (bicyclic) bond motifs is 4. The van der Waals surface area contributed by atoms with E-state index in [9.17, 15) is 25.2 Å². The van der Waals surface area contributed by atoms with Gasteiger partial charge >= 0.3 is 0 Å². The van der Waals surface area contributed by atoms with Crippen molar-refractivity contribution in [2.75, 3.05) is 0 Å². The zero-order valence-electron chi connectivity index (χ0n) is 20.6. The van der Waals surface area contributed by atoms with Gasteiger partial charge in [0.05, 0.1) is 6.10 Å². The number of carbonyl (C=O) groups is 1. The van der Waals surface area contributed by atoms with Gasteiger partial charge in [-0.2, -0.15) is 0 Å². The van der Waals surface area contributed by atoms with Gasteiger partial charge in [0.15, 0.2) is 5.78 Å². The SMILES string of the molecule is CC(C)CCCC(C)C1CCC2C3=C(C(=O)C[C@@]21C)[C@@]1(C)CC[C@H](O)C[C@]1(O)[C@H](O)[C@H]3O. The molecule has 0 radical (unpaired) electrons. The van der Waals surface area contributed by atoms with Gasteiger partial charge < -0.3 is 20.4 Å². The van der Waals surface area contributed by atoms with Crippen LogP contribution in [-0.4, -0.2) is 50.1 Å². The molecular weight excluding hydrogens is 404 g/mol. The number of Topliss-reactive ketones (excluding diaryl/α,β-unsaturated/α-hetero) is 1. The van der Waals surface area contributed by atoms with E-state index in [2.05, 4.69) is 27.7 Å². The molecule has 5 heteroatoms. The molecule has 0 spiro atoms. The van der Waals surface area contributed by atoms with Gasteiger partial charge in [0.2, 0.25) is 0 Å². The van der Waals surface area contributed by atoms with Gasteiger partial charge in [-0.05, 0) is 60.3 Å². The largest absolute Gasteiger partial charge is 0.393 e. The second-order valence-electron chi connectivity index (χ2n) is 12.5. The predicted octanol–water partition coefficient (Wildman–Crippen LogP) is 3.77. The van der Waals surface area contributed by atoms with E-state index in [1.165, 1.54) is 12.8 Å². The molecule has 0 bridgehead atoms. The van der Waals surface area contributed by atoms with Gasteiger partial charge in [-0.15, -0.1) is 0 Å². The molecule has 2 fully saturated rings. The first-order valence-electron chi connectivity index (χ1n) is 12.9. The summed E-state index contributed by atoms with van der Waals surface area (Å²) in [4.78, 5) is 13.8. The highest BCUT2D eigenvalue weighted by Gasteiger charge is 2.67. The Balaban J connectivity index is 1.70. The van der Waals surface area contributed by atoms with E-state index in [4.69, 9.17) is 0 Å². The van der Waals surface area contributed by atoms with Crippen molar-refractivity contribution in [3.63, 3.8) is 0 Å². The molecule has 0 aromatic rings. The summed E-state index contributed by atoms with van der Waals surface area (Å²) in [5, 5.41) is 44.2. The van der Waals surface area contributed by atoms with Crippen LogP contribution in [0.3, 0.4) is 0 Å². The lowest BCUT2D eigenvalue weighted by Crippen LogP contribution is -2.68. The summed E-state index contributed by atoms with van der Waals surface area (Å²) in [6.07, 6.45) is 3.53. The van der Waals surface area contributed by atoms with E-state index in [1.807, 2.05) is 6.92 Å². The third-order valence-corrected chi connectivity index (χ3v) is 10.2. The molecule has 0 heterocycles. The van der Waals surface area contributed by atoms with Crippen LogP contribution in [-0.2, 0) is 4.79 Å².